The van der Waals surface area contributed by atoms with Gasteiger partial charge in [0.15, 0.2) is 5.78 Å². The predicted octanol–water partition coefficient (Wildman–Crippen LogP) is 9.19. The van der Waals surface area contributed by atoms with E-state index in [2.05, 4.69) is 48.6 Å². The summed E-state index contributed by atoms with van der Waals surface area (Å²) in [6, 6.07) is 44.1. The number of rotatable bonds is 12. The van der Waals surface area contributed by atoms with Gasteiger partial charge in [-0.05, 0) is 85.7 Å². The van der Waals surface area contributed by atoms with Gasteiger partial charge in [0.25, 0.3) is 0 Å². The number of nitrogens with one attached hydrogen (secondary N) is 1. The molecule has 5 aromatic carbocycles. The summed E-state index contributed by atoms with van der Waals surface area (Å²) in [5.74, 6) is 2.62. The molecule has 8 heteroatoms. The highest BCUT2D eigenvalue weighted by Gasteiger charge is 2.34. The highest BCUT2D eigenvalue weighted by Crippen LogP contribution is 2.42. The molecule has 8 nitrogen and oxygen atoms in total. The van der Waals surface area contributed by atoms with Gasteiger partial charge < -0.3 is 25.1 Å². The van der Waals surface area contributed by atoms with Gasteiger partial charge in [0, 0.05) is 42.9 Å². The number of ether oxygens (including phenoxy) is 1. The number of para-hydroxylation sites is 1. The molecule has 0 saturated heterocycles. The molecule has 3 N–H and O–H groups in total. The number of fused-ring (bicyclic) bond motifs is 2. The summed E-state index contributed by atoms with van der Waals surface area (Å²) in [5, 5.41) is 3.85. The molecule has 2 amide bonds. The molecule has 0 radical (unpaired) electrons. The second-order valence-electron chi connectivity index (χ2n) is 13.8. The molecule has 1 aliphatic rings. The summed E-state index contributed by atoms with van der Waals surface area (Å²) < 4.78 is 12.1. The van der Waals surface area contributed by atoms with E-state index in [4.69, 9.17) is 19.9 Å². The number of aryl methyl sites for hydroxylation is 1. The van der Waals surface area contributed by atoms with Crippen molar-refractivity contribution in [1.29, 1.82) is 0 Å². The lowest BCUT2D eigenvalue weighted by atomic mass is 9.80. The van der Waals surface area contributed by atoms with Crippen molar-refractivity contribution in [2.24, 2.45) is 5.73 Å². The van der Waals surface area contributed by atoms with Crippen molar-refractivity contribution in [1.82, 2.24) is 9.88 Å². The van der Waals surface area contributed by atoms with E-state index in [0.717, 1.165) is 46.9 Å². The average Bonchev–Trinajstić information content (AvgIpc) is 3.68. The van der Waals surface area contributed by atoms with Gasteiger partial charge >= 0.3 is 6.03 Å². The quantitative estimate of drug-likeness (QED) is 0.123. The number of primary amides is 1. The smallest absolute Gasteiger partial charge is 0.314 e. The van der Waals surface area contributed by atoms with Crippen molar-refractivity contribution in [2.75, 3.05) is 26.0 Å². The maximum Gasteiger partial charge on any atom is 0.314 e. The van der Waals surface area contributed by atoms with Gasteiger partial charge in [0.2, 0.25) is 5.89 Å². The highest BCUT2D eigenvalue weighted by atomic mass is 16.5. The van der Waals surface area contributed by atoms with Crippen molar-refractivity contribution in [2.45, 2.75) is 44.6 Å². The highest BCUT2D eigenvalue weighted by molar-refractivity contribution is 6.12. The van der Waals surface area contributed by atoms with Crippen molar-refractivity contribution < 1.29 is 18.7 Å². The van der Waals surface area contributed by atoms with Crippen LogP contribution >= 0.6 is 0 Å². The fourth-order valence-corrected chi connectivity index (χ4v) is 6.68. The first-order valence-corrected chi connectivity index (χ1v) is 17.9. The summed E-state index contributed by atoms with van der Waals surface area (Å²) in [6.07, 6.45) is 2.53. The lowest BCUT2D eigenvalue weighted by molar-refractivity contribution is 0.103. The third kappa shape index (κ3) is 9.02. The first-order valence-electron chi connectivity index (χ1n) is 17.9. The zero-order chi connectivity index (χ0) is 37.4. The molecule has 0 aliphatic heterocycles. The fraction of sp³-hybridized carbons (Fsp3) is 0.222. The van der Waals surface area contributed by atoms with E-state index < -0.39 is 11.6 Å². The van der Waals surface area contributed by atoms with Crippen LogP contribution in [0.25, 0.3) is 11.5 Å². The number of hydrogen-bond donors (Lipinski definition) is 2. The summed E-state index contributed by atoms with van der Waals surface area (Å²) >= 11 is 0. The number of nitrogens with two attached hydrogens (primary N) is 1. The lowest BCUT2D eigenvalue weighted by Crippen LogP contribution is -2.34. The topological polar surface area (TPSA) is 111 Å². The van der Waals surface area contributed by atoms with Crippen molar-refractivity contribution in [3.05, 3.63) is 173 Å². The molecule has 6 aromatic rings. The van der Waals surface area contributed by atoms with Crippen LogP contribution in [0.1, 0.15) is 63.3 Å². The molecule has 0 fully saturated rings. The molecule has 53 heavy (non-hydrogen) atoms. The number of carbonyl (C=O) groups is 2. The third-order valence-electron chi connectivity index (χ3n) is 9.63. The number of anilines is 1. The molecular formula is C45H46N4O4. The van der Waals surface area contributed by atoms with Gasteiger partial charge in [-0.15, -0.1) is 0 Å². The zero-order valence-electron chi connectivity index (χ0n) is 30.7. The summed E-state index contributed by atoms with van der Waals surface area (Å²) in [6.45, 7) is 4.68. The number of aromatic nitrogens is 1. The summed E-state index contributed by atoms with van der Waals surface area (Å²) in [7, 11) is 3.20. The molecule has 1 aliphatic carbocycles. The van der Waals surface area contributed by atoms with Crippen molar-refractivity contribution >= 4 is 17.5 Å². The molecule has 2 bridgehead atoms. The number of nitrogens with zero attached hydrogens (tertiary/aromatic N) is 2. The second kappa shape index (κ2) is 16.5. The average molecular weight is 707 g/mol. The Bertz CT molecular complexity index is 2150. The van der Waals surface area contributed by atoms with Gasteiger partial charge in [0.1, 0.15) is 11.5 Å². The molecule has 0 saturated carbocycles. The zero-order valence-corrected chi connectivity index (χ0v) is 30.7. The van der Waals surface area contributed by atoms with Crippen LogP contribution in [0.5, 0.6) is 5.75 Å². The summed E-state index contributed by atoms with van der Waals surface area (Å²) in [4.78, 5) is 29.5. The van der Waals surface area contributed by atoms with Crippen molar-refractivity contribution in [3.63, 3.8) is 0 Å². The van der Waals surface area contributed by atoms with Crippen LogP contribution in [0, 0.1) is 6.92 Å². The van der Waals surface area contributed by atoms with E-state index in [-0.39, 0.29) is 5.78 Å². The standard InChI is InChI=1S/C42H38N2O3.C3H8N2O/c1-29-38(43-41(47-29)32-15-7-4-8-16-32)24-25-46-36-22-20-35(21-23-36)42(2,28-34-27-30-12-11-17-33(34)26-30)44-39-19-10-9-18-37(39)40(45)31-13-5-3-6-14-31;1-5(2)3(4)6/h3-23,26,34,44H,24-25,27-28H2,1-2H3;1-2H3,(H2,4,6)/t34-,42?;/m0./s1. The van der Waals surface area contributed by atoms with Crippen LogP contribution in [0.15, 0.2) is 138 Å². The number of ketones is 1. The Hall–Kier alpha value is -6.15. The number of oxazole rings is 1. The maximum absolute atomic E-state index is 13.6. The molecule has 1 unspecified atom stereocenters. The number of carbonyl (C=O) groups excluding carboxylic acids is 2. The van der Waals surface area contributed by atoms with Crippen LogP contribution in [0.2, 0.25) is 0 Å². The van der Waals surface area contributed by atoms with Crippen LogP contribution in [0.4, 0.5) is 10.5 Å². The molecule has 270 valence electrons. The Kier molecular flexibility index (Phi) is 11.4. The van der Waals surface area contributed by atoms with Gasteiger partial charge in [0.05, 0.1) is 17.8 Å². The first kappa shape index (κ1) is 36.6. The van der Waals surface area contributed by atoms with E-state index in [1.807, 2.05) is 104 Å². The maximum atomic E-state index is 13.6. The Morgan fingerprint density at radius 1 is 0.887 bits per heavy atom. The Morgan fingerprint density at radius 3 is 2.23 bits per heavy atom. The third-order valence-corrected chi connectivity index (χ3v) is 9.63. The largest absolute Gasteiger partial charge is 0.493 e. The van der Waals surface area contributed by atoms with Gasteiger partial charge in [-0.2, -0.15) is 0 Å². The second-order valence-corrected chi connectivity index (χ2v) is 13.8. The van der Waals surface area contributed by atoms with Gasteiger partial charge in [-0.1, -0.05) is 97.1 Å². The molecule has 0 spiro atoms. The minimum absolute atomic E-state index is 0.00514. The number of urea groups is 1. The van der Waals surface area contributed by atoms with Crippen LogP contribution in [-0.4, -0.2) is 42.4 Å². The van der Waals surface area contributed by atoms with Crippen LogP contribution in [-0.2, 0) is 18.4 Å². The molecular weight excluding hydrogens is 661 g/mol. The Labute approximate surface area is 311 Å². The minimum atomic E-state index is -0.464. The van der Waals surface area contributed by atoms with E-state index in [1.165, 1.54) is 16.0 Å². The minimum Gasteiger partial charge on any atom is -0.493 e. The van der Waals surface area contributed by atoms with E-state index >= 15 is 0 Å². The Morgan fingerprint density at radius 2 is 1.55 bits per heavy atom. The first-order chi connectivity index (χ1) is 25.6. The predicted molar refractivity (Wildman–Crippen MR) is 210 cm³/mol. The SMILES string of the molecule is CN(C)C(N)=O.Cc1oc(-c2ccccc2)nc1CCOc1ccc(C(C)(C[C@@H]2Cc3cccc2c3)Nc2ccccc2C(=O)c2ccccc2)cc1. The normalized spacial score (nSPS) is 14.0. The summed E-state index contributed by atoms with van der Waals surface area (Å²) in [5.41, 5.74) is 12.2. The van der Waals surface area contributed by atoms with Crippen LogP contribution in [0.3, 0.4) is 0 Å². The van der Waals surface area contributed by atoms with Gasteiger partial charge in [-0.3, -0.25) is 4.79 Å². The number of amides is 2. The molecule has 2 atom stereocenters. The van der Waals surface area contributed by atoms with E-state index in [9.17, 15) is 9.59 Å². The molecule has 1 aromatic heterocycles. The monoisotopic (exact) mass is 706 g/mol. The van der Waals surface area contributed by atoms with Crippen molar-refractivity contribution in [3.8, 4) is 17.2 Å². The van der Waals surface area contributed by atoms with Gasteiger partial charge in [-0.25, -0.2) is 9.78 Å². The lowest BCUT2D eigenvalue weighted by Gasteiger charge is -2.36. The number of benzene rings is 5. The molecule has 1 heterocycles. The van der Waals surface area contributed by atoms with E-state index in [1.54, 1.807) is 14.1 Å². The van der Waals surface area contributed by atoms with Crippen LogP contribution < -0.4 is 15.8 Å². The number of hydrogen-bond acceptors (Lipinski definition) is 6. The van der Waals surface area contributed by atoms with E-state index in [0.29, 0.717) is 36.0 Å². The fourth-order valence-electron chi connectivity index (χ4n) is 6.68. The Balaban J connectivity index is 0.000000741. The molecule has 7 rings (SSSR count).